The average Bonchev–Trinajstić information content (AvgIpc) is 2.99. The maximum Gasteiger partial charge on any atom is 0.127 e. The third-order valence-corrected chi connectivity index (χ3v) is 3.83. The minimum atomic E-state index is 0.386. The van der Waals surface area contributed by atoms with Crippen LogP contribution in [-0.2, 0) is 11.3 Å². The first-order valence-electron chi connectivity index (χ1n) is 7.25. The number of benzene rings is 2. The highest BCUT2D eigenvalue weighted by molar-refractivity contribution is 5.89. The monoisotopic (exact) mass is 271 g/mol. The summed E-state index contributed by atoms with van der Waals surface area (Å²) >= 11 is 0. The summed E-state index contributed by atoms with van der Waals surface area (Å²) in [5.41, 5.74) is 1.25. The molecule has 2 aromatic rings. The van der Waals surface area contributed by atoms with Gasteiger partial charge < -0.3 is 14.8 Å². The van der Waals surface area contributed by atoms with Gasteiger partial charge in [0.1, 0.15) is 5.75 Å². The maximum absolute atomic E-state index is 5.62. The van der Waals surface area contributed by atoms with Crippen molar-refractivity contribution in [2.24, 2.45) is 0 Å². The molecule has 1 fully saturated rings. The van der Waals surface area contributed by atoms with Crippen molar-refractivity contribution in [2.75, 3.05) is 20.3 Å². The Morgan fingerprint density at radius 2 is 2.20 bits per heavy atom. The Morgan fingerprint density at radius 1 is 1.30 bits per heavy atom. The van der Waals surface area contributed by atoms with E-state index in [4.69, 9.17) is 9.47 Å². The van der Waals surface area contributed by atoms with Crippen LogP contribution >= 0.6 is 0 Å². The largest absolute Gasteiger partial charge is 0.496 e. The lowest BCUT2D eigenvalue weighted by atomic mass is 10.1. The zero-order valence-corrected chi connectivity index (χ0v) is 11.9. The zero-order chi connectivity index (χ0) is 13.8. The quantitative estimate of drug-likeness (QED) is 0.906. The zero-order valence-electron chi connectivity index (χ0n) is 11.9. The number of hydrogen-bond acceptors (Lipinski definition) is 3. The number of nitrogens with one attached hydrogen (secondary N) is 1. The van der Waals surface area contributed by atoms with Crippen molar-refractivity contribution in [3.05, 3.63) is 42.0 Å². The van der Waals surface area contributed by atoms with Crippen LogP contribution in [-0.4, -0.2) is 26.4 Å². The summed E-state index contributed by atoms with van der Waals surface area (Å²) in [6.07, 6.45) is 2.75. The molecule has 106 valence electrons. The number of methoxy groups -OCH3 is 1. The van der Waals surface area contributed by atoms with E-state index in [1.54, 1.807) is 7.11 Å². The van der Waals surface area contributed by atoms with Gasteiger partial charge in [0.15, 0.2) is 0 Å². The van der Waals surface area contributed by atoms with Crippen molar-refractivity contribution in [1.82, 2.24) is 5.32 Å². The smallest absolute Gasteiger partial charge is 0.127 e. The van der Waals surface area contributed by atoms with E-state index in [1.807, 2.05) is 6.07 Å². The maximum atomic E-state index is 5.62. The van der Waals surface area contributed by atoms with Gasteiger partial charge in [-0.15, -0.1) is 0 Å². The molecule has 1 heterocycles. The Kier molecular flexibility index (Phi) is 4.19. The lowest BCUT2D eigenvalue weighted by molar-refractivity contribution is 0.110. The first kappa shape index (κ1) is 13.4. The lowest BCUT2D eigenvalue weighted by Gasteiger charge is -2.12. The third-order valence-electron chi connectivity index (χ3n) is 3.83. The van der Waals surface area contributed by atoms with E-state index in [0.717, 1.165) is 30.8 Å². The summed E-state index contributed by atoms with van der Waals surface area (Å²) < 4.78 is 11.1. The van der Waals surface area contributed by atoms with Crippen LogP contribution < -0.4 is 10.1 Å². The van der Waals surface area contributed by atoms with Crippen molar-refractivity contribution in [1.29, 1.82) is 0 Å². The summed E-state index contributed by atoms with van der Waals surface area (Å²) in [5.74, 6) is 0.942. The number of fused-ring (bicyclic) bond motifs is 1. The van der Waals surface area contributed by atoms with E-state index in [0.29, 0.717) is 6.10 Å². The molecule has 3 heteroatoms. The Labute approximate surface area is 119 Å². The Hall–Kier alpha value is -1.58. The molecule has 1 aliphatic rings. The van der Waals surface area contributed by atoms with Crippen LogP contribution in [0.1, 0.15) is 18.4 Å². The molecule has 2 aromatic carbocycles. The second kappa shape index (κ2) is 6.25. The predicted molar refractivity (Wildman–Crippen MR) is 81.2 cm³/mol. The van der Waals surface area contributed by atoms with Crippen LogP contribution in [0.3, 0.4) is 0 Å². The molecule has 0 spiro atoms. The molecule has 0 bridgehead atoms. The highest BCUT2D eigenvalue weighted by atomic mass is 16.5. The molecular formula is C17H21NO2. The van der Waals surface area contributed by atoms with Crippen molar-refractivity contribution in [3.8, 4) is 5.75 Å². The van der Waals surface area contributed by atoms with Crippen molar-refractivity contribution >= 4 is 10.8 Å². The van der Waals surface area contributed by atoms with Crippen molar-refractivity contribution in [3.63, 3.8) is 0 Å². The molecule has 0 saturated carbocycles. The summed E-state index contributed by atoms with van der Waals surface area (Å²) in [6, 6.07) is 12.7. The van der Waals surface area contributed by atoms with E-state index in [-0.39, 0.29) is 0 Å². The summed E-state index contributed by atoms with van der Waals surface area (Å²) in [5, 5.41) is 5.87. The van der Waals surface area contributed by atoms with Crippen LogP contribution in [0.5, 0.6) is 5.75 Å². The normalized spacial score (nSPS) is 18.6. The molecule has 3 nitrogen and oxygen atoms in total. The van der Waals surface area contributed by atoms with Gasteiger partial charge in [-0.1, -0.05) is 24.3 Å². The van der Waals surface area contributed by atoms with Crippen LogP contribution in [0.25, 0.3) is 10.8 Å². The number of hydrogen-bond donors (Lipinski definition) is 1. The Bertz CT molecular complexity index is 576. The fourth-order valence-corrected chi connectivity index (χ4v) is 2.79. The molecule has 1 unspecified atom stereocenters. The van der Waals surface area contributed by atoms with Gasteiger partial charge in [-0.05, 0) is 35.9 Å². The molecule has 1 saturated heterocycles. The van der Waals surface area contributed by atoms with E-state index in [1.165, 1.54) is 23.8 Å². The lowest BCUT2D eigenvalue weighted by Crippen LogP contribution is -2.25. The Balaban J connectivity index is 1.70. The van der Waals surface area contributed by atoms with Gasteiger partial charge in [0.2, 0.25) is 0 Å². The Morgan fingerprint density at radius 3 is 3.00 bits per heavy atom. The van der Waals surface area contributed by atoms with Crippen LogP contribution in [0.2, 0.25) is 0 Å². The van der Waals surface area contributed by atoms with Crippen LogP contribution in [0, 0.1) is 0 Å². The van der Waals surface area contributed by atoms with Crippen LogP contribution in [0.15, 0.2) is 36.4 Å². The molecule has 1 N–H and O–H groups in total. The topological polar surface area (TPSA) is 30.5 Å². The molecular weight excluding hydrogens is 250 g/mol. The second-order valence-corrected chi connectivity index (χ2v) is 5.29. The summed E-state index contributed by atoms with van der Waals surface area (Å²) in [6.45, 7) is 2.69. The second-order valence-electron chi connectivity index (χ2n) is 5.29. The van der Waals surface area contributed by atoms with E-state index in [9.17, 15) is 0 Å². The van der Waals surface area contributed by atoms with Gasteiger partial charge in [-0.2, -0.15) is 0 Å². The number of rotatable bonds is 5. The van der Waals surface area contributed by atoms with E-state index < -0.39 is 0 Å². The van der Waals surface area contributed by atoms with E-state index in [2.05, 4.69) is 35.6 Å². The van der Waals surface area contributed by atoms with Crippen LogP contribution in [0.4, 0.5) is 0 Å². The highest BCUT2D eigenvalue weighted by Gasteiger charge is 2.14. The summed E-state index contributed by atoms with van der Waals surface area (Å²) in [4.78, 5) is 0. The highest BCUT2D eigenvalue weighted by Crippen LogP contribution is 2.27. The predicted octanol–water partition coefficient (Wildman–Crippen LogP) is 3.12. The molecule has 3 rings (SSSR count). The fourth-order valence-electron chi connectivity index (χ4n) is 2.79. The average molecular weight is 271 g/mol. The van der Waals surface area contributed by atoms with Gasteiger partial charge in [0.05, 0.1) is 13.2 Å². The first-order chi connectivity index (χ1) is 9.86. The fraction of sp³-hybridized carbons (Fsp3) is 0.412. The third kappa shape index (κ3) is 2.94. The molecule has 0 aromatic heterocycles. The SMILES string of the molecule is COc1cc(CNCC2CCCO2)cc2ccccc12. The molecule has 20 heavy (non-hydrogen) atoms. The van der Waals surface area contributed by atoms with Crippen molar-refractivity contribution in [2.45, 2.75) is 25.5 Å². The van der Waals surface area contributed by atoms with Gasteiger partial charge in [-0.3, -0.25) is 0 Å². The van der Waals surface area contributed by atoms with Crippen molar-refractivity contribution < 1.29 is 9.47 Å². The number of ether oxygens (including phenoxy) is 2. The minimum absolute atomic E-state index is 0.386. The van der Waals surface area contributed by atoms with E-state index >= 15 is 0 Å². The first-order valence-corrected chi connectivity index (χ1v) is 7.25. The van der Waals surface area contributed by atoms with Gasteiger partial charge >= 0.3 is 0 Å². The standard InChI is InChI=1S/C17H21NO2/c1-19-17-10-13(9-14-5-2-3-7-16(14)17)11-18-12-15-6-4-8-20-15/h2-3,5,7,9-10,15,18H,4,6,8,11-12H2,1H3. The van der Waals surface area contributed by atoms with Gasteiger partial charge in [0, 0.05) is 25.1 Å². The molecule has 0 aliphatic carbocycles. The molecule has 1 aliphatic heterocycles. The minimum Gasteiger partial charge on any atom is -0.496 e. The molecule has 0 radical (unpaired) electrons. The van der Waals surface area contributed by atoms with Gasteiger partial charge in [-0.25, -0.2) is 0 Å². The molecule has 1 atom stereocenters. The van der Waals surface area contributed by atoms with Gasteiger partial charge in [0.25, 0.3) is 0 Å². The molecule has 0 amide bonds. The summed E-state index contributed by atoms with van der Waals surface area (Å²) in [7, 11) is 1.73.